The highest BCUT2D eigenvalue weighted by atomic mass is 32.1. The lowest BCUT2D eigenvalue weighted by Gasteiger charge is -2.34. The van der Waals surface area contributed by atoms with Gasteiger partial charge in [-0.1, -0.05) is 6.07 Å². The van der Waals surface area contributed by atoms with E-state index in [1.807, 2.05) is 5.38 Å². The number of likely N-dealkylation sites (tertiary alicyclic amines) is 1. The Balaban J connectivity index is 1.85. The molecule has 0 radical (unpaired) electrons. The number of esters is 2. The van der Waals surface area contributed by atoms with Gasteiger partial charge in [0.05, 0.1) is 30.2 Å². The number of amides is 2. The number of thiophene rings is 1. The Kier molecular flexibility index (Phi) is 6.83. The summed E-state index contributed by atoms with van der Waals surface area (Å²) in [6, 6.07) is 7.06. The Labute approximate surface area is 177 Å². The molecule has 2 amide bonds. The van der Waals surface area contributed by atoms with Crippen LogP contribution in [0.1, 0.15) is 49.7 Å². The summed E-state index contributed by atoms with van der Waals surface area (Å²) in [5.74, 6) is -1.85. The molecule has 0 spiro atoms. The van der Waals surface area contributed by atoms with Gasteiger partial charge in [-0.3, -0.25) is 9.59 Å². The molecule has 30 heavy (non-hydrogen) atoms. The molecule has 1 N–H and O–H groups in total. The third kappa shape index (κ3) is 4.68. The molecule has 158 valence electrons. The summed E-state index contributed by atoms with van der Waals surface area (Å²) < 4.78 is 9.43. The second-order valence-electron chi connectivity index (χ2n) is 6.76. The monoisotopic (exact) mass is 430 g/mol. The average Bonchev–Trinajstić information content (AvgIpc) is 3.32. The maximum absolute atomic E-state index is 13.0. The van der Waals surface area contributed by atoms with E-state index >= 15 is 0 Å². The van der Waals surface area contributed by atoms with Gasteiger partial charge >= 0.3 is 11.9 Å². The quantitative estimate of drug-likeness (QED) is 0.732. The van der Waals surface area contributed by atoms with Crippen molar-refractivity contribution in [3.05, 3.63) is 51.7 Å². The standard InChI is InChI=1S/C21H22N2O6S/c1-28-20(26)13-10-14(21(27)29-2)12-15(11-13)22-18(24)16-6-3-4-8-23(16)19(25)17-7-5-9-30-17/h5,7,9-12,16H,3-4,6,8H2,1-2H3,(H,22,24)/t16-/m1/s1. The highest BCUT2D eigenvalue weighted by Crippen LogP contribution is 2.24. The Bertz CT molecular complexity index is 922. The number of nitrogens with one attached hydrogen (secondary N) is 1. The Morgan fingerprint density at radius 3 is 2.27 bits per heavy atom. The fourth-order valence-electron chi connectivity index (χ4n) is 3.39. The van der Waals surface area contributed by atoms with Gasteiger partial charge < -0.3 is 19.7 Å². The van der Waals surface area contributed by atoms with E-state index in [0.717, 1.165) is 12.8 Å². The van der Waals surface area contributed by atoms with E-state index in [4.69, 9.17) is 9.47 Å². The minimum atomic E-state index is -0.650. The summed E-state index contributed by atoms with van der Waals surface area (Å²) in [5.41, 5.74) is 0.453. The number of hydrogen-bond donors (Lipinski definition) is 1. The van der Waals surface area contributed by atoms with Crippen LogP contribution < -0.4 is 5.32 Å². The molecule has 1 aliphatic rings. The first-order valence-corrected chi connectivity index (χ1v) is 10.3. The number of nitrogens with zero attached hydrogens (tertiary/aromatic N) is 1. The van der Waals surface area contributed by atoms with Gasteiger partial charge in [-0.2, -0.15) is 0 Å². The molecule has 1 aromatic carbocycles. The molecule has 2 heterocycles. The number of benzene rings is 1. The van der Waals surface area contributed by atoms with Gasteiger partial charge in [-0.05, 0) is 48.9 Å². The molecule has 1 fully saturated rings. The van der Waals surface area contributed by atoms with Gasteiger partial charge in [0, 0.05) is 12.2 Å². The number of anilines is 1. The number of hydrogen-bond acceptors (Lipinski definition) is 7. The third-order valence-corrected chi connectivity index (χ3v) is 5.70. The molecule has 1 aromatic heterocycles. The molecule has 1 aliphatic heterocycles. The maximum atomic E-state index is 13.0. The van der Waals surface area contributed by atoms with Crippen LogP contribution in [0.5, 0.6) is 0 Å². The van der Waals surface area contributed by atoms with E-state index in [9.17, 15) is 19.2 Å². The van der Waals surface area contributed by atoms with Gasteiger partial charge in [-0.15, -0.1) is 11.3 Å². The van der Waals surface area contributed by atoms with Crippen LogP contribution in [0.3, 0.4) is 0 Å². The molecule has 9 heteroatoms. The van der Waals surface area contributed by atoms with Crippen LogP contribution in [0.25, 0.3) is 0 Å². The summed E-state index contributed by atoms with van der Waals surface area (Å²) in [7, 11) is 2.45. The fraction of sp³-hybridized carbons (Fsp3) is 0.333. The highest BCUT2D eigenvalue weighted by molar-refractivity contribution is 7.12. The number of carbonyl (C=O) groups is 4. The zero-order valence-corrected chi connectivity index (χ0v) is 17.5. The molecule has 2 aromatic rings. The van der Waals surface area contributed by atoms with Gasteiger partial charge in [0.1, 0.15) is 6.04 Å². The van der Waals surface area contributed by atoms with Gasteiger partial charge in [0.25, 0.3) is 5.91 Å². The molecule has 0 bridgehead atoms. The highest BCUT2D eigenvalue weighted by Gasteiger charge is 2.33. The van der Waals surface area contributed by atoms with Crippen LogP contribution in [-0.2, 0) is 14.3 Å². The SMILES string of the molecule is COC(=O)c1cc(NC(=O)[C@H]2CCCCN2C(=O)c2cccs2)cc(C(=O)OC)c1. The van der Waals surface area contributed by atoms with E-state index in [1.165, 1.54) is 43.8 Å². The zero-order valence-electron chi connectivity index (χ0n) is 16.7. The van der Waals surface area contributed by atoms with Crippen molar-refractivity contribution in [2.45, 2.75) is 25.3 Å². The van der Waals surface area contributed by atoms with Gasteiger partial charge in [0.15, 0.2) is 0 Å². The third-order valence-electron chi connectivity index (χ3n) is 4.84. The number of carbonyl (C=O) groups excluding carboxylic acids is 4. The van der Waals surface area contributed by atoms with Crippen LogP contribution >= 0.6 is 11.3 Å². The first-order chi connectivity index (χ1) is 14.4. The van der Waals surface area contributed by atoms with Crippen LogP contribution in [-0.4, -0.2) is 55.5 Å². The van der Waals surface area contributed by atoms with Crippen molar-refractivity contribution in [1.29, 1.82) is 0 Å². The molecule has 0 saturated carbocycles. The van der Waals surface area contributed by atoms with E-state index < -0.39 is 18.0 Å². The van der Waals surface area contributed by atoms with E-state index in [1.54, 1.807) is 17.0 Å². The summed E-state index contributed by atoms with van der Waals surface area (Å²) in [6.07, 6.45) is 2.18. The second kappa shape index (κ2) is 9.53. The maximum Gasteiger partial charge on any atom is 0.337 e. The smallest absolute Gasteiger partial charge is 0.337 e. The summed E-state index contributed by atoms with van der Waals surface area (Å²) in [6.45, 7) is 0.491. The molecule has 3 rings (SSSR count). The van der Waals surface area contributed by atoms with Gasteiger partial charge in [0.2, 0.25) is 5.91 Å². The zero-order chi connectivity index (χ0) is 21.7. The Morgan fingerprint density at radius 2 is 1.70 bits per heavy atom. The number of methoxy groups -OCH3 is 2. The predicted octanol–water partition coefficient (Wildman–Crippen LogP) is 2.95. The first-order valence-electron chi connectivity index (χ1n) is 9.41. The molecule has 1 saturated heterocycles. The van der Waals surface area contributed by atoms with Crippen molar-refractivity contribution in [3.8, 4) is 0 Å². The van der Waals surface area contributed by atoms with Crippen LogP contribution in [0, 0.1) is 0 Å². The topological polar surface area (TPSA) is 102 Å². The van der Waals surface area contributed by atoms with Crippen molar-refractivity contribution < 1.29 is 28.7 Å². The van der Waals surface area contributed by atoms with E-state index in [2.05, 4.69) is 5.32 Å². The Hall–Kier alpha value is -3.20. The van der Waals surface area contributed by atoms with Crippen LogP contribution in [0.4, 0.5) is 5.69 Å². The van der Waals surface area contributed by atoms with Crippen molar-refractivity contribution >= 4 is 40.8 Å². The number of rotatable bonds is 5. The number of piperidine rings is 1. The van der Waals surface area contributed by atoms with Gasteiger partial charge in [-0.25, -0.2) is 9.59 Å². The second-order valence-corrected chi connectivity index (χ2v) is 7.71. The first kappa shape index (κ1) is 21.5. The molecule has 1 atom stereocenters. The summed E-state index contributed by atoms with van der Waals surface area (Å²) in [5, 5.41) is 4.55. The predicted molar refractivity (Wildman–Crippen MR) is 111 cm³/mol. The summed E-state index contributed by atoms with van der Waals surface area (Å²) in [4.78, 5) is 51.9. The molecule has 8 nitrogen and oxygen atoms in total. The molecule has 0 aliphatic carbocycles. The molecular weight excluding hydrogens is 408 g/mol. The van der Waals surface area contributed by atoms with Crippen LogP contribution in [0.15, 0.2) is 35.7 Å². The van der Waals surface area contributed by atoms with Crippen molar-refractivity contribution in [2.75, 3.05) is 26.1 Å². The Morgan fingerprint density at radius 1 is 1.03 bits per heavy atom. The van der Waals surface area contributed by atoms with Crippen molar-refractivity contribution in [1.82, 2.24) is 4.90 Å². The minimum absolute atomic E-state index is 0.103. The average molecular weight is 430 g/mol. The van der Waals surface area contributed by atoms with Crippen molar-refractivity contribution in [2.24, 2.45) is 0 Å². The van der Waals surface area contributed by atoms with Crippen molar-refractivity contribution in [3.63, 3.8) is 0 Å². The molecular formula is C21H22N2O6S. The molecule has 0 unspecified atom stereocenters. The lowest BCUT2D eigenvalue weighted by atomic mass is 10.0. The lowest BCUT2D eigenvalue weighted by Crippen LogP contribution is -2.49. The fourth-order valence-corrected chi connectivity index (χ4v) is 4.06. The largest absolute Gasteiger partial charge is 0.465 e. The minimum Gasteiger partial charge on any atom is -0.465 e. The van der Waals surface area contributed by atoms with E-state index in [-0.39, 0.29) is 28.6 Å². The summed E-state index contributed by atoms with van der Waals surface area (Å²) >= 11 is 1.33. The van der Waals surface area contributed by atoms with E-state index in [0.29, 0.717) is 17.8 Å². The lowest BCUT2D eigenvalue weighted by molar-refractivity contribution is -0.121. The number of ether oxygens (including phenoxy) is 2. The van der Waals surface area contributed by atoms with Crippen LogP contribution in [0.2, 0.25) is 0 Å². The normalized spacial score (nSPS) is 15.9.